The maximum atomic E-state index is 12.5. The van der Waals surface area contributed by atoms with Gasteiger partial charge in [-0.3, -0.25) is 14.9 Å². The summed E-state index contributed by atoms with van der Waals surface area (Å²) in [7, 11) is 0. The highest BCUT2D eigenvalue weighted by molar-refractivity contribution is 14.1. The van der Waals surface area contributed by atoms with E-state index >= 15 is 0 Å². The second kappa shape index (κ2) is 12.7. The molecule has 36 heavy (non-hydrogen) atoms. The summed E-state index contributed by atoms with van der Waals surface area (Å²) in [4.78, 5) is 22.8. The van der Waals surface area contributed by atoms with Gasteiger partial charge in [-0.15, -0.1) is 16.8 Å². The van der Waals surface area contributed by atoms with Gasteiger partial charge >= 0.3 is 5.69 Å². The first kappa shape index (κ1) is 27.4. The van der Waals surface area contributed by atoms with Crippen LogP contribution in [0.5, 0.6) is 5.75 Å². The predicted octanol–water partition coefficient (Wildman–Crippen LogP) is 4.58. The van der Waals surface area contributed by atoms with Crippen LogP contribution in [0.1, 0.15) is 18.3 Å². The molecule has 1 heterocycles. The van der Waals surface area contributed by atoms with Crippen molar-refractivity contribution in [2.24, 2.45) is 5.10 Å². The summed E-state index contributed by atoms with van der Waals surface area (Å²) >= 11 is 9.29. The number of carbonyl (C=O) groups is 1. The van der Waals surface area contributed by atoms with E-state index in [1.807, 2.05) is 28.8 Å². The molecule has 0 bridgehead atoms. The number of phenols is 1. The van der Waals surface area contributed by atoms with E-state index in [9.17, 15) is 20.0 Å². The molecule has 11 nitrogen and oxygen atoms in total. The lowest BCUT2D eigenvalue weighted by molar-refractivity contribution is -0.385. The minimum Gasteiger partial charge on any atom is -0.502 e. The van der Waals surface area contributed by atoms with Crippen molar-refractivity contribution in [2.45, 2.75) is 30.4 Å². The van der Waals surface area contributed by atoms with Gasteiger partial charge < -0.3 is 15.0 Å². The summed E-state index contributed by atoms with van der Waals surface area (Å²) in [6, 6.07) is 10.3. The number of nitro groups is 1. The van der Waals surface area contributed by atoms with Gasteiger partial charge in [0.25, 0.3) is 5.91 Å². The number of aromatic nitrogens is 3. The highest BCUT2D eigenvalue weighted by atomic mass is 127. The summed E-state index contributed by atoms with van der Waals surface area (Å²) in [5.74, 6) is -0.368. The van der Waals surface area contributed by atoms with Gasteiger partial charge in [0.2, 0.25) is 5.75 Å². The Morgan fingerprint density at radius 3 is 2.78 bits per heavy atom. The topological polar surface area (TPSA) is 148 Å². The summed E-state index contributed by atoms with van der Waals surface area (Å²) in [6.07, 6.45) is 2.80. The van der Waals surface area contributed by atoms with Gasteiger partial charge in [-0.1, -0.05) is 29.4 Å². The largest absolute Gasteiger partial charge is 0.502 e. The fourth-order valence-corrected chi connectivity index (χ4v) is 4.36. The Bertz CT molecular complexity index is 1300. The first-order chi connectivity index (χ1) is 17.2. The van der Waals surface area contributed by atoms with Crippen LogP contribution < -0.4 is 10.7 Å². The summed E-state index contributed by atoms with van der Waals surface area (Å²) in [5.41, 5.74) is 2.72. The number of aromatic hydroxyl groups is 1. The Labute approximate surface area is 229 Å². The fourth-order valence-electron chi connectivity index (χ4n) is 2.91. The van der Waals surface area contributed by atoms with Crippen LogP contribution in [0.3, 0.4) is 0 Å². The molecule has 2 aromatic carbocycles. The van der Waals surface area contributed by atoms with Crippen molar-refractivity contribution in [1.82, 2.24) is 20.2 Å². The molecule has 0 fully saturated rings. The number of carbonyl (C=O) groups excluding carboxylic acids is 1. The van der Waals surface area contributed by atoms with Gasteiger partial charge in [0.1, 0.15) is 0 Å². The molecule has 3 aromatic rings. The Balaban J connectivity index is 1.64. The minimum atomic E-state index is -0.764. The van der Waals surface area contributed by atoms with Gasteiger partial charge in [0.15, 0.2) is 11.0 Å². The van der Waals surface area contributed by atoms with Crippen molar-refractivity contribution in [3.63, 3.8) is 0 Å². The number of amides is 1. The van der Waals surface area contributed by atoms with E-state index in [4.69, 9.17) is 11.6 Å². The molecule has 0 aliphatic rings. The monoisotopic (exact) mass is 641 g/mol. The van der Waals surface area contributed by atoms with E-state index in [2.05, 4.69) is 55.2 Å². The summed E-state index contributed by atoms with van der Waals surface area (Å²) in [6.45, 7) is 6.35. The van der Waals surface area contributed by atoms with E-state index in [-0.39, 0.29) is 10.6 Å². The molecule has 3 N–H and O–H groups in total. The van der Waals surface area contributed by atoms with Crippen LogP contribution in [0.2, 0.25) is 5.02 Å². The quantitative estimate of drug-likeness (QED) is 0.0689. The fraction of sp³-hybridized carbons (Fsp3) is 0.182. The predicted molar refractivity (Wildman–Crippen MR) is 148 cm³/mol. The Morgan fingerprint density at radius 1 is 1.39 bits per heavy atom. The van der Waals surface area contributed by atoms with Crippen LogP contribution in [0.15, 0.2) is 59.3 Å². The third kappa shape index (κ3) is 7.18. The standard InChI is InChI=1S/C22H21ClIN7O4S/c1-3-8-30-19(12-25-17-6-4-16(24)5-7-17)27-29-22(30)36-13(2)21(33)28-26-11-14-9-15(23)10-18(20(14)32)31(34)35/h3-7,9-11,13,25,32H,1,8,12H2,2H3,(H,28,33). The summed E-state index contributed by atoms with van der Waals surface area (Å²) < 4.78 is 2.99. The molecule has 0 aliphatic heterocycles. The lowest BCUT2D eigenvalue weighted by Crippen LogP contribution is -2.27. The number of phenolic OH excluding ortho intramolecular Hbond substituents is 1. The average molecular weight is 642 g/mol. The van der Waals surface area contributed by atoms with Gasteiger partial charge in [-0.05, 0) is 59.8 Å². The molecule has 1 unspecified atom stereocenters. The van der Waals surface area contributed by atoms with E-state index in [0.717, 1.165) is 21.5 Å². The van der Waals surface area contributed by atoms with Gasteiger partial charge in [0, 0.05) is 32.5 Å². The highest BCUT2D eigenvalue weighted by Crippen LogP contribution is 2.32. The number of thioether (sulfide) groups is 1. The molecule has 1 atom stereocenters. The number of allylic oxidation sites excluding steroid dienone is 1. The number of benzene rings is 2. The van der Waals surface area contributed by atoms with Crippen molar-refractivity contribution < 1.29 is 14.8 Å². The van der Waals surface area contributed by atoms with Crippen LogP contribution in [-0.2, 0) is 17.9 Å². The molecule has 1 aromatic heterocycles. The van der Waals surface area contributed by atoms with E-state index < -0.39 is 27.5 Å². The average Bonchev–Trinajstić information content (AvgIpc) is 3.21. The number of hydrogen-bond acceptors (Lipinski definition) is 9. The lowest BCUT2D eigenvalue weighted by Gasteiger charge is -2.12. The zero-order chi connectivity index (χ0) is 26.2. The number of nitrogens with zero attached hydrogens (tertiary/aromatic N) is 5. The number of anilines is 1. The van der Waals surface area contributed by atoms with E-state index in [1.54, 1.807) is 13.0 Å². The van der Waals surface area contributed by atoms with Crippen LogP contribution >= 0.6 is 46.0 Å². The first-order valence-electron chi connectivity index (χ1n) is 10.4. The molecular weight excluding hydrogens is 621 g/mol. The van der Waals surface area contributed by atoms with Crippen molar-refractivity contribution in [3.05, 3.63) is 79.1 Å². The SMILES string of the molecule is C=CCn1c(CNc2ccc(I)cc2)nnc1SC(C)C(=O)NN=Cc1cc(Cl)cc([N+](=O)[O-])c1O. The molecule has 1 amide bonds. The molecule has 0 saturated carbocycles. The molecule has 14 heteroatoms. The van der Waals surface area contributed by atoms with Gasteiger partial charge in [-0.25, -0.2) is 5.43 Å². The maximum Gasteiger partial charge on any atom is 0.312 e. The number of hydrogen-bond donors (Lipinski definition) is 3. The van der Waals surface area contributed by atoms with Crippen molar-refractivity contribution in [2.75, 3.05) is 5.32 Å². The van der Waals surface area contributed by atoms with Crippen molar-refractivity contribution in [3.8, 4) is 5.75 Å². The number of halogens is 2. The second-order valence-corrected chi connectivity index (χ2v) is 10.3. The molecular formula is C22H21ClIN7O4S. The second-order valence-electron chi connectivity index (χ2n) is 7.27. The van der Waals surface area contributed by atoms with Crippen LogP contribution in [0.25, 0.3) is 0 Å². The van der Waals surface area contributed by atoms with E-state index in [0.29, 0.717) is 24.1 Å². The molecule has 0 spiro atoms. The minimum absolute atomic E-state index is 0.00852. The Kier molecular flexibility index (Phi) is 9.66. The first-order valence-corrected chi connectivity index (χ1v) is 12.7. The maximum absolute atomic E-state index is 12.5. The number of rotatable bonds is 11. The molecule has 188 valence electrons. The zero-order valence-corrected chi connectivity index (χ0v) is 22.6. The van der Waals surface area contributed by atoms with Crippen LogP contribution in [0, 0.1) is 13.7 Å². The van der Waals surface area contributed by atoms with Gasteiger partial charge in [0.05, 0.1) is 22.9 Å². The Hall–Kier alpha value is -3.17. The molecule has 0 saturated heterocycles. The van der Waals surface area contributed by atoms with Crippen molar-refractivity contribution in [1.29, 1.82) is 0 Å². The molecule has 0 aliphatic carbocycles. The number of nitro benzene ring substituents is 1. The van der Waals surface area contributed by atoms with Gasteiger partial charge in [-0.2, -0.15) is 5.10 Å². The number of nitrogens with one attached hydrogen (secondary N) is 2. The van der Waals surface area contributed by atoms with E-state index in [1.165, 1.54) is 17.8 Å². The summed E-state index contributed by atoms with van der Waals surface area (Å²) in [5, 5.41) is 36.6. The van der Waals surface area contributed by atoms with Crippen LogP contribution in [0.4, 0.5) is 11.4 Å². The zero-order valence-electron chi connectivity index (χ0n) is 18.9. The highest BCUT2D eigenvalue weighted by Gasteiger charge is 2.20. The molecule has 3 rings (SSSR count). The third-order valence-corrected chi connectivity index (χ3v) is 6.73. The number of hydrazone groups is 1. The Morgan fingerprint density at radius 2 is 2.11 bits per heavy atom. The van der Waals surface area contributed by atoms with Crippen LogP contribution in [-0.4, -0.2) is 42.2 Å². The van der Waals surface area contributed by atoms with Crippen molar-refractivity contribution >= 4 is 69.5 Å². The lowest BCUT2D eigenvalue weighted by atomic mass is 10.2. The normalized spacial score (nSPS) is 11.9. The third-order valence-electron chi connectivity index (χ3n) is 4.71. The smallest absolute Gasteiger partial charge is 0.312 e. The molecule has 0 radical (unpaired) electrons.